The fraction of sp³-hybridized carbons (Fsp3) is 0.938. The summed E-state index contributed by atoms with van der Waals surface area (Å²) in [5.41, 5.74) is 1.21. The Bertz CT molecular complexity index is 226. The van der Waals surface area contributed by atoms with Crippen LogP contribution in [0.2, 0.25) is 0 Å². The zero-order valence-corrected chi connectivity index (χ0v) is 13.1. The van der Waals surface area contributed by atoms with Crippen LogP contribution in [0.1, 0.15) is 74.1 Å². The molecule has 0 aliphatic carbocycles. The lowest BCUT2D eigenvalue weighted by Crippen LogP contribution is -2.35. The van der Waals surface area contributed by atoms with E-state index in [9.17, 15) is 0 Å². The Hall–Kier alpha value is -0.330. The summed E-state index contributed by atoms with van der Waals surface area (Å²) in [6.45, 7) is 16.0. The Labute approximate surface area is 109 Å². The zero-order valence-electron chi connectivity index (χ0n) is 13.1. The van der Waals surface area contributed by atoms with E-state index in [4.69, 9.17) is 5.41 Å². The van der Waals surface area contributed by atoms with Gasteiger partial charge in [0, 0.05) is 5.71 Å². The summed E-state index contributed by atoms with van der Waals surface area (Å²) < 4.78 is 0. The molecule has 0 amide bonds. The van der Waals surface area contributed by atoms with Crippen molar-refractivity contribution in [2.24, 2.45) is 23.2 Å². The Morgan fingerprint density at radius 2 is 1.47 bits per heavy atom. The van der Waals surface area contributed by atoms with E-state index in [-0.39, 0.29) is 5.41 Å². The first kappa shape index (κ1) is 16.7. The van der Waals surface area contributed by atoms with Crippen molar-refractivity contribution in [2.45, 2.75) is 74.1 Å². The van der Waals surface area contributed by atoms with Crippen molar-refractivity contribution in [3.05, 3.63) is 0 Å². The second-order valence-electron chi connectivity index (χ2n) is 6.30. The molecule has 0 heterocycles. The molecule has 0 radical (unpaired) electrons. The van der Waals surface area contributed by atoms with E-state index in [1.54, 1.807) is 0 Å². The molecule has 0 aromatic rings. The maximum absolute atomic E-state index is 8.33. The van der Waals surface area contributed by atoms with Gasteiger partial charge in [-0.2, -0.15) is 0 Å². The minimum Gasteiger partial charge on any atom is -0.309 e. The number of hydrogen-bond acceptors (Lipinski definition) is 1. The van der Waals surface area contributed by atoms with Gasteiger partial charge in [0.1, 0.15) is 0 Å². The molecule has 2 unspecified atom stereocenters. The maximum Gasteiger partial charge on any atom is 0.0125 e. The molecule has 0 aliphatic rings. The highest BCUT2D eigenvalue weighted by molar-refractivity contribution is 5.84. The van der Waals surface area contributed by atoms with Crippen LogP contribution in [0.25, 0.3) is 0 Å². The second-order valence-corrected chi connectivity index (χ2v) is 6.30. The van der Waals surface area contributed by atoms with Gasteiger partial charge in [0.15, 0.2) is 0 Å². The van der Waals surface area contributed by atoms with E-state index in [0.29, 0.717) is 11.8 Å². The van der Waals surface area contributed by atoms with Gasteiger partial charge in [0.05, 0.1) is 0 Å². The highest BCUT2D eigenvalue weighted by atomic mass is 14.5. The van der Waals surface area contributed by atoms with E-state index in [1.807, 2.05) is 0 Å². The summed E-state index contributed by atoms with van der Waals surface area (Å²) in [6, 6.07) is 0. The highest BCUT2D eigenvalue weighted by Crippen LogP contribution is 2.40. The van der Waals surface area contributed by atoms with Gasteiger partial charge in [0.25, 0.3) is 0 Å². The Morgan fingerprint density at radius 3 is 1.82 bits per heavy atom. The minimum atomic E-state index is 0.258. The van der Waals surface area contributed by atoms with Crippen LogP contribution in [0.3, 0.4) is 0 Å². The molecular weight excluding hydrogens is 206 g/mol. The average Bonchev–Trinajstić information content (AvgIpc) is 2.28. The predicted octanol–water partition coefficient (Wildman–Crippen LogP) is 5.54. The SMILES string of the molecule is CCC(C)CC(=N)C(C)C(C)(C)C(CC)CC. The summed E-state index contributed by atoms with van der Waals surface area (Å²) in [7, 11) is 0. The van der Waals surface area contributed by atoms with Gasteiger partial charge in [0.2, 0.25) is 0 Å². The number of nitrogens with one attached hydrogen (secondary N) is 1. The molecule has 0 saturated heterocycles. The van der Waals surface area contributed by atoms with Crippen molar-refractivity contribution in [3.63, 3.8) is 0 Å². The van der Waals surface area contributed by atoms with Gasteiger partial charge in [-0.25, -0.2) is 0 Å². The van der Waals surface area contributed by atoms with Crippen LogP contribution >= 0.6 is 0 Å². The van der Waals surface area contributed by atoms with Gasteiger partial charge in [-0.1, -0.05) is 67.7 Å². The summed E-state index contributed by atoms with van der Waals surface area (Å²) in [5.74, 6) is 1.79. The lowest BCUT2D eigenvalue weighted by Gasteiger charge is -2.39. The van der Waals surface area contributed by atoms with Crippen LogP contribution in [0.5, 0.6) is 0 Å². The van der Waals surface area contributed by atoms with Crippen LogP contribution in [-0.2, 0) is 0 Å². The number of rotatable bonds is 8. The third-order valence-electron chi connectivity index (χ3n) is 4.94. The molecule has 1 nitrogen and oxygen atoms in total. The zero-order chi connectivity index (χ0) is 13.6. The van der Waals surface area contributed by atoms with Gasteiger partial charge < -0.3 is 5.41 Å². The Kier molecular flexibility index (Phi) is 7.04. The molecular formula is C16H33N. The molecule has 0 aromatic heterocycles. The average molecular weight is 239 g/mol. The molecule has 102 valence electrons. The first-order valence-corrected chi connectivity index (χ1v) is 7.38. The molecule has 2 atom stereocenters. The quantitative estimate of drug-likeness (QED) is 0.538. The smallest absolute Gasteiger partial charge is 0.0125 e. The standard InChI is InChI=1S/C16H33N/c1-8-12(4)11-15(17)13(5)16(6,7)14(9-2)10-3/h12-14,17H,8-11H2,1-7H3. The molecule has 1 heteroatoms. The van der Waals surface area contributed by atoms with E-state index < -0.39 is 0 Å². The van der Waals surface area contributed by atoms with Crippen LogP contribution in [-0.4, -0.2) is 5.71 Å². The normalized spacial score (nSPS) is 16.0. The topological polar surface area (TPSA) is 23.9 Å². The van der Waals surface area contributed by atoms with E-state index >= 15 is 0 Å². The second kappa shape index (κ2) is 7.18. The molecule has 0 aromatic carbocycles. The summed E-state index contributed by atoms with van der Waals surface area (Å²) in [4.78, 5) is 0. The van der Waals surface area contributed by atoms with Crippen molar-refractivity contribution in [1.82, 2.24) is 0 Å². The van der Waals surface area contributed by atoms with E-state index in [2.05, 4.69) is 48.5 Å². The van der Waals surface area contributed by atoms with Crippen LogP contribution in [0.4, 0.5) is 0 Å². The van der Waals surface area contributed by atoms with Gasteiger partial charge in [-0.3, -0.25) is 0 Å². The van der Waals surface area contributed by atoms with Crippen molar-refractivity contribution >= 4 is 5.71 Å². The molecule has 0 saturated carbocycles. The lowest BCUT2D eigenvalue weighted by molar-refractivity contribution is 0.154. The fourth-order valence-electron chi connectivity index (χ4n) is 2.84. The highest BCUT2D eigenvalue weighted by Gasteiger charge is 2.34. The van der Waals surface area contributed by atoms with Crippen molar-refractivity contribution < 1.29 is 0 Å². The summed E-state index contributed by atoms with van der Waals surface area (Å²) >= 11 is 0. The van der Waals surface area contributed by atoms with E-state index in [0.717, 1.165) is 18.1 Å². The Balaban J connectivity index is 4.65. The van der Waals surface area contributed by atoms with Crippen molar-refractivity contribution in [3.8, 4) is 0 Å². The summed E-state index contributed by atoms with van der Waals surface area (Å²) in [5, 5.41) is 8.33. The van der Waals surface area contributed by atoms with Gasteiger partial charge >= 0.3 is 0 Å². The molecule has 0 rings (SSSR count). The van der Waals surface area contributed by atoms with Gasteiger partial charge in [-0.15, -0.1) is 0 Å². The fourth-order valence-corrected chi connectivity index (χ4v) is 2.84. The molecule has 0 fully saturated rings. The van der Waals surface area contributed by atoms with Crippen molar-refractivity contribution in [2.75, 3.05) is 0 Å². The molecule has 0 spiro atoms. The minimum absolute atomic E-state index is 0.258. The number of hydrogen-bond donors (Lipinski definition) is 1. The Morgan fingerprint density at radius 1 is 1.00 bits per heavy atom. The first-order chi connectivity index (χ1) is 7.81. The largest absolute Gasteiger partial charge is 0.309 e. The van der Waals surface area contributed by atoms with Crippen LogP contribution in [0, 0.1) is 28.6 Å². The van der Waals surface area contributed by atoms with Crippen molar-refractivity contribution in [1.29, 1.82) is 5.41 Å². The lowest BCUT2D eigenvalue weighted by atomic mass is 9.65. The third kappa shape index (κ3) is 4.44. The molecule has 0 bridgehead atoms. The van der Waals surface area contributed by atoms with E-state index in [1.165, 1.54) is 19.3 Å². The van der Waals surface area contributed by atoms with Crippen LogP contribution in [0.15, 0.2) is 0 Å². The monoisotopic (exact) mass is 239 g/mol. The third-order valence-corrected chi connectivity index (χ3v) is 4.94. The van der Waals surface area contributed by atoms with Crippen LogP contribution < -0.4 is 0 Å². The van der Waals surface area contributed by atoms with Gasteiger partial charge in [-0.05, 0) is 29.6 Å². The summed E-state index contributed by atoms with van der Waals surface area (Å²) in [6.07, 6.45) is 4.61. The molecule has 0 aliphatic heterocycles. The molecule has 1 N–H and O–H groups in total. The molecule has 17 heavy (non-hydrogen) atoms. The predicted molar refractivity (Wildman–Crippen MR) is 78.8 cm³/mol. The maximum atomic E-state index is 8.33. The first-order valence-electron chi connectivity index (χ1n) is 7.38.